The molecular formula is C29H26N2O9. The van der Waals surface area contributed by atoms with Crippen molar-refractivity contribution in [3.63, 3.8) is 0 Å². The molecule has 11 heteroatoms. The summed E-state index contributed by atoms with van der Waals surface area (Å²) in [4.78, 5) is 49.4. The van der Waals surface area contributed by atoms with Gasteiger partial charge in [-0.05, 0) is 54.5 Å². The van der Waals surface area contributed by atoms with Gasteiger partial charge in [-0.25, -0.2) is 9.59 Å². The van der Waals surface area contributed by atoms with E-state index >= 15 is 0 Å². The second-order valence-corrected chi connectivity index (χ2v) is 9.72. The van der Waals surface area contributed by atoms with Gasteiger partial charge in [0, 0.05) is 35.6 Å². The van der Waals surface area contributed by atoms with E-state index in [4.69, 9.17) is 13.9 Å². The SMILES string of the molecule is C[C@@H](O)[C@H]1C(=O)N2C(C(=O)OCc3ccc([N+](=O)[O-])cc3)=C(/C=C/COc3ccc4ccc(=O)oc4c3)[C@H](C)[C@H]12. The van der Waals surface area contributed by atoms with Crippen LogP contribution >= 0.6 is 0 Å². The van der Waals surface area contributed by atoms with E-state index in [-0.39, 0.29) is 36.4 Å². The zero-order chi connectivity index (χ0) is 28.6. The highest BCUT2D eigenvalue weighted by Gasteiger charge is 2.59. The Morgan fingerprint density at radius 3 is 2.60 bits per heavy atom. The summed E-state index contributed by atoms with van der Waals surface area (Å²) in [6, 6.07) is 13.4. The molecule has 1 aromatic heterocycles. The van der Waals surface area contributed by atoms with Crippen LogP contribution in [0.4, 0.5) is 5.69 Å². The first-order chi connectivity index (χ1) is 19.2. The number of carbonyl (C=O) groups is 2. The minimum Gasteiger partial charge on any atom is -0.489 e. The third-order valence-electron chi connectivity index (χ3n) is 7.17. The molecule has 11 nitrogen and oxygen atoms in total. The number of amides is 1. The van der Waals surface area contributed by atoms with Crippen LogP contribution in [-0.4, -0.2) is 45.6 Å². The molecule has 0 bridgehead atoms. The van der Waals surface area contributed by atoms with Gasteiger partial charge in [-0.1, -0.05) is 13.0 Å². The molecule has 0 spiro atoms. The summed E-state index contributed by atoms with van der Waals surface area (Å²) in [6.45, 7) is 3.41. The summed E-state index contributed by atoms with van der Waals surface area (Å²) in [5, 5.41) is 21.8. The molecular weight excluding hydrogens is 520 g/mol. The van der Waals surface area contributed by atoms with Gasteiger partial charge < -0.3 is 23.9 Å². The Kier molecular flexibility index (Phi) is 7.22. The van der Waals surface area contributed by atoms with Crippen molar-refractivity contribution in [2.24, 2.45) is 11.8 Å². The average Bonchev–Trinajstić information content (AvgIpc) is 3.17. The van der Waals surface area contributed by atoms with Crippen LogP contribution in [0.15, 0.2) is 87.2 Å². The lowest BCUT2D eigenvalue weighted by molar-refractivity contribution is -0.384. The average molecular weight is 547 g/mol. The minimum atomic E-state index is -0.881. The molecule has 0 aliphatic carbocycles. The number of carbonyl (C=O) groups excluding carboxylic acids is 2. The van der Waals surface area contributed by atoms with E-state index in [0.29, 0.717) is 22.5 Å². The third kappa shape index (κ3) is 4.98. The van der Waals surface area contributed by atoms with Crippen LogP contribution in [0.2, 0.25) is 0 Å². The van der Waals surface area contributed by atoms with Crippen molar-refractivity contribution in [3.05, 3.63) is 104 Å². The standard InChI is InChI=1S/C29H26N2O9/c1-16-22(4-3-13-38-21-11-7-19-8-12-24(33)40-23(19)14-21)27(30-26(16)25(17(2)32)28(30)34)29(35)39-15-18-5-9-20(10-6-18)31(36)37/h3-12,14,16-17,25-26,32H,13,15H2,1-2H3/b4-3+/t16-,17+,25+,26+/m0/s1. The highest BCUT2D eigenvalue weighted by atomic mass is 16.6. The minimum absolute atomic E-state index is 0.0801. The van der Waals surface area contributed by atoms with E-state index in [1.54, 1.807) is 43.3 Å². The maximum absolute atomic E-state index is 13.2. The van der Waals surface area contributed by atoms with Gasteiger partial charge in [0.2, 0.25) is 5.91 Å². The van der Waals surface area contributed by atoms with Crippen molar-refractivity contribution >= 4 is 28.5 Å². The van der Waals surface area contributed by atoms with E-state index in [1.165, 1.54) is 35.2 Å². The van der Waals surface area contributed by atoms with Crippen LogP contribution in [0.5, 0.6) is 5.75 Å². The maximum Gasteiger partial charge on any atom is 0.355 e. The van der Waals surface area contributed by atoms with Crippen molar-refractivity contribution in [3.8, 4) is 5.75 Å². The fourth-order valence-corrected chi connectivity index (χ4v) is 5.18. The number of nitro benzene ring substituents is 1. The van der Waals surface area contributed by atoms with E-state index in [9.17, 15) is 29.6 Å². The Balaban J connectivity index is 1.33. The normalized spacial score (nSPS) is 20.9. The highest BCUT2D eigenvalue weighted by molar-refractivity contribution is 6.01. The first kappa shape index (κ1) is 26.8. The number of aliphatic hydroxyl groups is 1. The molecule has 1 saturated heterocycles. The number of allylic oxidation sites excluding steroid dienone is 1. The zero-order valence-electron chi connectivity index (χ0n) is 21.7. The fraction of sp³-hybridized carbons (Fsp3) is 0.276. The first-order valence-electron chi connectivity index (χ1n) is 12.6. The monoisotopic (exact) mass is 546 g/mol. The topological polar surface area (TPSA) is 149 Å². The molecule has 2 aliphatic heterocycles. The number of ether oxygens (including phenoxy) is 2. The number of hydrogen-bond acceptors (Lipinski definition) is 9. The molecule has 2 aliphatic rings. The molecule has 3 heterocycles. The second-order valence-electron chi connectivity index (χ2n) is 9.72. The Morgan fingerprint density at radius 2 is 1.90 bits per heavy atom. The lowest BCUT2D eigenvalue weighted by Gasteiger charge is -2.46. The molecule has 0 unspecified atom stereocenters. The van der Waals surface area contributed by atoms with Crippen LogP contribution in [0.3, 0.4) is 0 Å². The quantitative estimate of drug-likeness (QED) is 0.140. The molecule has 0 radical (unpaired) electrons. The number of hydrogen-bond donors (Lipinski definition) is 1. The number of nitrogens with zero attached hydrogens (tertiary/aromatic N) is 2. The summed E-state index contributed by atoms with van der Waals surface area (Å²) in [6.07, 6.45) is 2.53. The Bertz CT molecular complexity index is 1600. The summed E-state index contributed by atoms with van der Waals surface area (Å²) in [5.41, 5.74) is 1.08. The van der Waals surface area contributed by atoms with Crippen LogP contribution in [0.25, 0.3) is 11.0 Å². The van der Waals surface area contributed by atoms with Gasteiger partial charge in [0.15, 0.2) is 0 Å². The Hall–Kier alpha value is -4.77. The predicted molar refractivity (Wildman–Crippen MR) is 142 cm³/mol. The van der Waals surface area contributed by atoms with Gasteiger partial charge in [-0.2, -0.15) is 0 Å². The molecule has 1 amide bonds. The highest BCUT2D eigenvalue weighted by Crippen LogP contribution is 2.47. The number of esters is 1. The molecule has 1 fully saturated rings. The molecule has 0 saturated carbocycles. The van der Waals surface area contributed by atoms with Gasteiger partial charge in [-0.3, -0.25) is 14.9 Å². The van der Waals surface area contributed by atoms with Gasteiger partial charge in [0.05, 0.1) is 23.0 Å². The molecule has 1 N–H and O–H groups in total. The summed E-state index contributed by atoms with van der Waals surface area (Å²) < 4.78 is 16.4. The molecule has 2 aromatic carbocycles. The number of rotatable bonds is 9. The molecule has 3 aromatic rings. The lowest BCUT2D eigenvalue weighted by atomic mass is 9.78. The van der Waals surface area contributed by atoms with E-state index in [1.807, 2.05) is 6.92 Å². The van der Waals surface area contributed by atoms with Crippen molar-refractivity contribution in [1.82, 2.24) is 4.90 Å². The van der Waals surface area contributed by atoms with Crippen LogP contribution in [0, 0.1) is 22.0 Å². The van der Waals surface area contributed by atoms with Crippen LogP contribution < -0.4 is 10.4 Å². The van der Waals surface area contributed by atoms with Gasteiger partial charge in [0.25, 0.3) is 5.69 Å². The number of aliphatic hydroxyl groups excluding tert-OH is 1. The second kappa shape index (κ2) is 10.8. The summed E-state index contributed by atoms with van der Waals surface area (Å²) >= 11 is 0. The number of nitro groups is 1. The van der Waals surface area contributed by atoms with Crippen molar-refractivity contribution < 1.29 is 33.5 Å². The Labute approximate surface area is 228 Å². The first-order valence-corrected chi connectivity index (χ1v) is 12.6. The molecule has 206 valence electrons. The van der Waals surface area contributed by atoms with E-state index in [0.717, 1.165) is 5.39 Å². The molecule has 40 heavy (non-hydrogen) atoms. The van der Waals surface area contributed by atoms with E-state index in [2.05, 4.69) is 0 Å². The smallest absolute Gasteiger partial charge is 0.355 e. The van der Waals surface area contributed by atoms with Gasteiger partial charge in [0.1, 0.15) is 30.2 Å². The zero-order valence-corrected chi connectivity index (χ0v) is 21.7. The third-order valence-corrected chi connectivity index (χ3v) is 7.17. The van der Waals surface area contributed by atoms with E-state index < -0.39 is 34.6 Å². The Morgan fingerprint density at radius 1 is 1.18 bits per heavy atom. The van der Waals surface area contributed by atoms with Crippen molar-refractivity contribution in [1.29, 1.82) is 0 Å². The molecule has 4 atom stereocenters. The summed E-state index contributed by atoms with van der Waals surface area (Å²) in [7, 11) is 0. The van der Waals surface area contributed by atoms with Gasteiger partial charge in [-0.15, -0.1) is 0 Å². The largest absolute Gasteiger partial charge is 0.489 e. The fourth-order valence-electron chi connectivity index (χ4n) is 5.18. The number of β-lactam (4-membered cyclic amide) rings is 1. The predicted octanol–water partition coefficient (Wildman–Crippen LogP) is 3.49. The van der Waals surface area contributed by atoms with Crippen molar-refractivity contribution in [2.45, 2.75) is 32.6 Å². The number of benzene rings is 2. The van der Waals surface area contributed by atoms with Crippen LogP contribution in [0.1, 0.15) is 19.4 Å². The van der Waals surface area contributed by atoms with Crippen LogP contribution in [-0.2, 0) is 20.9 Å². The maximum atomic E-state index is 13.2. The van der Waals surface area contributed by atoms with Gasteiger partial charge >= 0.3 is 11.6 Å². The number of fused-ring (bicyclic) bond motifs is 2. The number of non-ortho nitro benzene ring substituents is 1. The lowest BCUT2D eigenvalue weighted by Crippen LogP contribution is -2.63. The summed E-state index contributed by atoms with van der Waals surface area (Å²) in [5.74, 6) is -1.48. The van der Waals surface area contributed by atoms with Crippen molar-refractivity contribution in [2.75, 3.05) is 6.61 Å². The molecule has 5 rings (SSSR count).